The van der Waals surface area contributed by atoms with Crippen molar-refractivity contribution in [1.82, 2.24) is 10.2 Å². The van der Waals surface area contributed by atoms with Crippen molar-refractivity contribution in [2.45, 2.75) is 45.1 Å². The molecule has 0 heterocycles. The Morgan fingerprint density at radius 2 is 1.93 bits per heavy atom. The molecule has 0 saturated heterocycles. The fourth-order valence-electron chi connectivity index (χ4n) is 2.18. The zero-order valence-electron chi connectivity index (χ0n) is 10.1. The van der Waals surface area contributed by atoms with Gasteiger partial charge in [0.25, 0.3) is 0 Å². The van der Waals surface area contributed by atoms with E-state index in [0.29, 0.717) is 0 Å². The van der Waals surface area contributed by atoms with Crippen LogP contribution in [0, 0.1) is 5.92 Å². The summed E-state index contributed by atoms with van der Waals surface area (Å²) >= 11 is 0. The Bertz CT molecular complexity index is 145. The van der Waals surface area contributed by atoms with E-state index in [1.165, 1.54) is 32.1 Å². The number of likely N-dealkylation sites (N-methyl/N-ethyl adjacent to an activating group) is 1. The van der Waals surface area contributed by atoms with Crippen molar-refractivity contribution in [1.29, 1.82) is 0 Å². The molecule has 0 aromatic rings. The van der Waals surface area contributed by atoms with Crippen LogP contribution in [0.15, 0.2) is 0 Å². The molecule has 0 aliphatic heterocycles. The summed E-state index contributed by atoms with van der Waals surface area (Å²) in [5.74, 6) is 0.954. The molecule has 0 radical (unpaired) electrons. The second-order valence-corrected chi connectivity index (χ2v) is 5.07. The number of nitrogens with zero attached hydrogens (tertiary/aromatic N) is 1. The Kier molecular flexibility index (Phi) is 5.49. The molecule has 14 heavy (non-hydrogen) atoms. The van der Waals surface area contributed by atoms with Gasteiger partial charge in [0.1, 0.15) is 0 Å². The third kappa shape index (κ3) is 4.97. The fourth-order valence-corrected chi connectivity index (χ4v) is 2.18. The zero-order valence-corrected chi connectivity index (χ0v) is 10.1. The highest BCUT2D eigenvalue weighted by Gasteiger charge is 2.14. The number of rotatable bonds is 4. The molecule has 1 rings (SSSR count). The van der Waals surface area contributed by atoms with Crippen LogP contribution < -0.4 is 5.32 Å². The summed E-state index contributed by atoms with van der Waals surface area (Å²) in [6, 6.07) is 0.792. The van der Waals surface area contributed by atoms with Crippen molar-refractivity contribution >= 4 is 0 Å². The van der Waals surface area contributed by atoms with Crippen LogP contribution in [-0.2, 0) is 0 Å². The average Bonchev–Trinajstić information content (AvgIpc) is 2.30. The topological polar surface area (TPSA) is 15.3 Å². The van der Waals surface area contributed by atoms with Gasteiger partial charge >= 0.3 is 0 Å². The van der Waals surface area contributed by atoms with E-state index in [-0.39, 0.29) is 0 Å². The van der Waals surface area contributed by atoms with Crippen molar-refractivity contribution in [2.24, 2.45) is 5.92 Å². The quantitative estimate of drug-likeness (QED) is 0.696. The highest BCUT2D eigenvalue weighted by atomic mass is 15.1. The van der Waals surface area contributed by atoms with Gasteiger partial charge in [0.05, 0.1) is 0 Å². The van der Waals surface area contributed by atoms with E-state index in [2.05, 4.69) is 31.2 Å². The fraction of sp³-hybridized carbons (Fsp3) is 1.00. The number of nitrogens with one attached hydrogen (secondary N) is 1. The van der Waals surface area contributed by atoms with Gasteiger partial charge in [0, 0.05) is 19.1 Å². The molecular weight excluding hydrogens is 172 g/mol. The molecule has 84 valence electrons. The molecule has 0 spiro atoms. The lowest BCUT2D eigenvalue weighted by molar-refractivity contribution is 0.370. The molecule has 1 aliphatic rings. The Morgan fingerprint density at radius 1 is 1.14 bits per heavy atom. The monoisotopic (exact) mass is 198 g/mol. The minimum atomic E-state index is 0.792. The number of hydrogen-bond acceptors (Lipinski definition) is 2. The summed E-state index contributed by atoms with van der Waals surface area (Å²) in [5.41, 5.74) is 0. The first kappa shape index (κ1) is 12.0. The molecule has 1 fully saturated rings. The second-order valence-electron chi connectivity index (χ2n) is 5.07. The van der Waals surface area contributed by atoms with Crippen LogP contribution in [-0.4, -0.2) is 38.1 Å². The highest BCUT2D eigenvalue weighted by Crippen LogP contribution is 2.22. The molecule has 0 bridgehead atoms. The van der Waals surface area contributed by atoms with Crippen molar-refractivity contribution in [2.75, 3.05) is 27.2 Å². The molecule has 2 heteroatoms. The Hall–Kier alpha value is -0.0800. The summed E-state index contributed by atoms with van der Waals surface area (Å²) in [6.45, 7) is 4.69. The molecule has 1 saturated carbocycles. The summed E-state index contributed by atoms with van der Waals surface area (Å²) in [6.07, 6.45) is 7.04. The van der Waals surface area contributed by atoms with Gasteiger partial charge in [0.2, 0.25) is 0 Å². The molecule has 2 nitrogen and oxygen atoms in total. The van der Waals surface area contributed by atoms with Crippen LogP contribution in [0.4, 0.5) is 0 Å². The molecule has 2 unspecified atom stereocenters. The summed E-state index contributed by atoms with van der Waals surface area (Å²) in [4.78, 5) is 2.24. The maximum absolute atomic E-state index is 3.67. The minimum Gasteiger partial charge on any atom is -0.313 e. The molecule has 2 atom stereocenters. The smallest absolute Gasteiger partial charge is 0.0101 e. The number of hydrogen-bond donors (Lipinski definition) is 1. The van der Waals surface area contributed by atoms with E-state index in [9.17, 15) is 0 Å². The predicted octanol–water partition coefficient (Wildman–Crippen LogP) is 2.11. The largest absolute Gasteiger partial charge is 0.313 e. The normalized spacial score (nSPS) is 29.1. The first-order chi connectivity index (χ1) is 6.68. The summed E-state index contributed by atoms with van der Waals surface area (Å²) in [5, 5.41) is 3.67. The van der Waals surface area contributed by atoms with Gasteiger partial charge in [-0.05, 0) is 39.3 Å². The van der Waals surface area contributed by atoms with Crippen molar-refractivity contribution < 1.29 is 0 Å². The zero-order chi connectivity index (χ0) is 10.4. The van der Waals surface area contributed by atoms with Gasteiger partial charge in [-0.25, -0.2) is 0 Å². The van der Waals surface area contributed by atoms with E-state index in [0.717, 1.165) is 25.0 Å². The maximum Gasteiger partial charge on any atom is 0.0101 e. The van der Waals surface area contributed by atoms with E-state index in [4.69, 9.17) is 0 Å². The van der Waals surface area contributed by atoms with E-state index >= 15 is 0 Å². The SMILES string of the molecule is CC1CCCC(NCCN(C)C)CC1. The van der Waals surface area contributed by atoms with Crippen LogP contribution in [0.5, 0.6) is 0 Å². The third-order valence-electron chi connectivity index (χ3n) is 3.25. The van der Waals surface area contributed by atoms with Gasteiger partial charge in [-0.3, -0.25) is 0 Å². The standard InChI is InChI=1S/C12H26N2/c1-11-5-4-6-12(8-7-11)13-9-10-14(2)3/h11-13H,4-10H2,1-3H3. The Labute approximate surface area is 89.1 Å². The van der Waals surface area contributed by atoms with Gasteiger partial charge in [0.15, 0.2) is 0 Å². The van der Waals surface area contributed by atoms with E-state index in [1.54, 1.807) is 0 Å². The predicted molar refractivity (Wildman–Crippen MR) is 62.6 cm³/mol. The van der Waals surface area contributed by atoms with Crippen molar-refractivity contribution in [3.63, 3.8) is 0 Å². The summed E-state index contributed by atoms with van der Waals surface area (Å²) < 4.78 is 0. The average molecular weight is 198 g/mol. The van der Waals surface area contributed by atoms with Gasteiger partial charge in [-0.15, -0.1) is 0 Å². The molecule has 0 amide bonds. The second kappa shape index (κ2) is 6.41. The molecule has 1 N–H and O–H groups in total. The van der Waals surface area contributed by atoms with Gasteiger partial charge in [-0.1, -0.05) is 19.8 Å². The first-order valence-corrected chi connectivity index (χ1v) is 6.06. The summed E-state index contributed by atoms with van der Waals surface area (Å²) in [7, 11) is 4.27. The maximum atomic E-state index is 3.67. The Morgan fingerprint density at radius 3 is 2.64 bits per heavy atom. The van der Waals surface area contributed by atoms with Crippen molar-refractivity contribution in [3.8, 4) is 0 Å². The molecule has 0 aromatic carbocycles. The van der Waals surface area contributed by atoms with Crippen LogP contribution in [0.2, 0.25) is 0 Å². The lowest BCUT2D eigenvalue weighted by Crippen LogP contribution is -2.34. The van der Waals surface area contributed by atoms with E-state index in [1.807, 2.05) is 0 Å². The van der Waals surface area contributed by atoms with Gasteiger partial charge < -0.3 is 10.2 Å². The Balaban J connectivity index is 2.11. The molecule has 0 aromatic heterocycles. The lowest BCUT2D eigenvalue weighted by Gasteiger charge is -2.18. The van der Waals surface area contributed by atoms with Gasteiger partial charge in [-0.2, -0.15) is 0 Å². The van der Waals surface area contributed by atoms with Crippen LogP contribution in [0.1, 0.15) is 39.0 Å². The van der Waals surface area contributed by atoms with E-state index < -0.39 is 0 Å². The van der Waals surface area contributed by atoms with Crippen LogP contribution in [0.3, 0.4) is 0 Å². The highest BCUT2D eigenvalue weighted by molar-refractivity contribution is 4.73. The first-order valence-electron chi connectivity index (χ1n) is 6.06. The van der Waals surface area contributed by atoms with Crippen molar-refractivity contribution in [3.05, 3.63) is 0 Å². The van der Waals surface area contributed by atoms with Crippen LogP contribution in [0.25, 0.3) is 0 Å². The molecular formula is C12H26N2. The third-order valence-corrected chi connectivity index (χ3v) is 3.25. The minimum absolute atomic E-state index is 0.792. The van der Waals surface area contributed by atoms with Crippen LogP contribution >= 0.6 is 0 Å². The molecule has 1 aliphatic carbocycles. The lowest BCUT2D eigenvalue weighted by atomic mass is 10.0.